The van der Waals surface area contributed by atoms with Gasteiger partial charge in [-0.15, -0.1) is 0 Å². The van der Waals surface area contributed by atoms with Gasteiger partial charge in [0, 0.05) is 18.7 Å². The van der Waals surface area contributed by atoms with Crippen molar-refractivity contribution in [2.45, 2.75) is 37.9 Å². The second-order valence-electron chi connectivity index (χ2n) is 12.0. The van der Waals surface area contributed by atoms with Crippen molar-refractivity contribution in [1.29, 1.82) is 0 Å². The number of aliphatic hydroxyl groups is 2. The van der Waals surface area contributed by atoms with E-state index in [1.54, 1.807) is 43.3 Å². The Hall–Kier alpha value is -4.84. The lowest BCUT2D eigenvalue weighted by atomic mass is 9.82. The monoisotopic (exact) mass is 651 g/mol. The Morgan fingerprint density at radius 1 is 0.917 bits per heavy atom. The highest BCUT2D eigenvalue weighted by Crippen LogP contribution is 2.34. The second-order valence-corrected chi connectivity index (χ2v) is 12.0. The summed E-state index contributed by atoms with van der Waals surface area (Å²) in [5.41, 5.74) is 5.30. The fourth-order valence-electron chi connectivity index (χ4n) is 6.25. The summed E-state index contributed by atoms with van der Waals surface area (Å²) >= 11 is 0. The molecule has 1 heterocycles. The Morgan fingerprint density at radius 3 is 2.42 bits per heavy atom. The molecular formula is C38H37NO9. The number of fused-ring (bicyclic) bond motifs is 2. The van der Waals surface area contributed by atoms with Crippen molar-refractivity contribution in [1.82, 2.24) is 0 Å². The van der Waals surface area contributed by atoms with Crippen molar-refractivity contribution >= 4 is 29.7 Å². The minimum atomic E-state index is -1.16. The fourth-order valence-corrected chi connectivity index (χ4v) is 6.25. The van der Waals surface area contributed by atoms with Crippen LogP contribution >= 0.6 is 0 Å². The first-order chi connectivity index (χ1) is 23.1. The Labute approximate surface area is 277 Å². The average molecular weight is 652 g/mol. The van der Waals surface area contributed by atoms with Crippen LogP contribution in [-0.2, 0) is 25.4 Å². The lowest BCUT2D eigenvalue weighted by molar-refractivity contribution is -0.282. The molecular weight excluding hydrogens is 614 g/mol. The van der Waals surface area contributed by atoms with E-state index in [4.69, 9.17) is 18.9 Å². The van der Waals surface area contributed by atoms with Crippen LogP contribution < -0.4 is 20.5 Å². The van der Waals surface area contributed by atoms with Crippen LogP contribution in [0.25, 0.3) is 12.2 Å². The number of aliphatic hydroxyl groups excluding tert-OH is 2. The molecule has 1 aliphatic carbocycles. The molecule has 1 amide bonds. The number of hydrogen-bond donors (Lipinski definition) is 4. The van der Waals surface area contributed by atoms with E-state index in [1.165, 1.54) is 7.11 Å². The summed E-state index contributed by atoms with van der Waals surface area (Å²) in [6.45, 7) is 5.63. The molecule has 1 saturated heterocycles. The average Bonchev–Trinajstić information content (AvgIpc) is 3.08. The summed E-state index contributed by atoms with van der Waals surface area (Å²) in [7, 11) is 1.38. The molecule has 2 unspecified atom stereocenters. The fraction of sp³-hybridized carbons (Fsp3) is 0.263. The Kier molecular flexibility index (Phi) is 9.72. The summed E-state index contributed by atoms with van der Waals surface area (Å²) in [5, 5.41) is 34.9. The first kappa shape index (κ1) is 33.1. The zero-order valence-corrected chi connectivity index (χ0v) is 26.6. The molecule has 0 radical (unpaired) electrons. The third-order valence-corrected chi connectivity index (χ3v) is 8.78. The van der Waals surface area contributed by atoms with Crippen LogP contribution in [0.2, 0.25) is 0 Å². The van der Waals surface area contributed by atoms with Crippen LogP contribution in [0.4, 0.5) is 5.69 Å². The van der Waals surface area contributed by atoms with Gasteiger partial charge in [-0.25, -0.2) is 4.79 Å². The van der Waals surface area contributed by atoms with Crippen LogP contribution in [-0.4, -0.2) is 72.1 Å². The van der Waals surface area contributed by atoms with Gasteiger partial charge < -0.3 is 39.6 Å². The standard InChI is InChI=1S/C38H37NO9/c1-21-8-14-28-23(16-21)17-24-18-27(13-15-29(24)34(28)30-6-4-5-7-31(30)37(43)44)47-26-11-9-25(10-12-26)39-33(40)20-46-19-32-22(2)35(41)36(42)38(45-3)48-32/h4-16,18,22,32,35-36,38,41-42H,1,17,19-20H2,2-3H3,(H,39,40)(H,43,44)/t22-,32?,35+,36?,38-/m1/s1. The molecule has 1 aliphatic heterocycles. The van der Waals surface area contributed by atoms with Crippen molar-refractivity contribution < 1.29 is 43.9 Å². The number of carboxylic acids is 1. The number of rotatable bonds is 10. The highest BCUT2D eigenvalue weighted by molar-refractivity contribution is 5.97. The van der Waals surface area contributed by atoms with Gasteiger partial charge in [0.15, 0.2) is 6.29 Å². The number of benzene rings is 4. The van der Waals surface area contributed by atoms with Gasteiger partial charge >= 0.3 is 5.97 Å². The summed E-state index contributed by atoms with van der Waals surface area (Å²) < 4.78 is 22.5. The molecule has 248 valence electrons. The molecule has 5 atom stereocenters. The van der Waals surface area contributed by atoms with Crippen molar-refractivity contribution in [3.05, 3.63) is 123 Å². The number of methoxy groups -OCH3 is 1. The van der Waals surface area contributed by atoms with E-state index >= 15 is 0 Å². The van der Waals surface area contributed by atoms with Crippen LogP contribution in [0.1, 0.15) is 39.5 Å². The normalized spacial score (nSPS) is 21.6. The van der Waals surface area contributed by atoms with Gasteiger partial charge in [-0.05, 0) is 87.1 Å². The lowest BCUT2D eigenvalue weighted by Gasteiger charge is -2.40. The molecule has 0 spiro atoms. The third kappa shape index (κ3) is 6.89. The van der Waals surface area contributed by atoms with E-state index in [0.29, 0.717) is 29.2 Å². The Morgan fingerprint density at radius 2 is 1.67 bits per heavy atom. The van der Waals surface area contributed by atoms with Gasteiger partial charge in [-0.3, -0.25) is 4.79 Å². The quantitative estimate of drug-likeness (QED) is 0.179. The van der Waals surface area contributed by atoms with E-state index in [-0.39, 0.29) is 24.7 Å². The summed E-state index contributed by atoms with van der Waals surface area (Å²) in [5.74, 6) is -0.584. The van der Waals surface area contributed by atoms with E-state index in [0.717, 1.165) is 32.7 Å². The first-order valence-corrected chi connectivity index (χ1v) is 15.6. The summed E-state index contributed by atoms with van der Waals surface area (Å²) in [4.78, 5) is 24.7. The summed E-state index contributed by atoms with van der Waals surface area (Å²) in [6, 6.07) is 25.7. The Bertz CT molecular complexity index is 1940. The van der Waals surface area contributed by atoms with E-state index < -0.39 is 36.5 Å². The number of hydrogen-bond acceptors (Lipinski definition) is 8. The summed E-state index contributed by atoms with van der Waals surface area (Å²) in [6.07, 6.45) is -3.09. The molecule has 10 nitrogen and oxygen atoms in total. The highest BCUT2D eigenvalue weighted by atomic mass is 16.7. The maximum absolute atomic E-state index is 12.5. The van der Waals surface area contributed by atoms with E-state index in [2.05, 4.69) is 11.9 Å². The zero-order valence-electron chi connectivity index (χ0n) is 26.6. The predicted octanol–water partition coefficient (Wildman–Crippen LogP) is 3.42. The van der Waals surface area contributed by atoms with E-state index in [1.807, 2.05) is 48.5 Å². The number of nitrogens with one attached hydrogen (secondary N) is 1. The van der Waals surface area contributed by atoms with Gasteiger partial charge in [0.05, 0.1) is 24.4 Å². The van der Waals surface area contributed by atoms with Gasteiger partial charge in [0.25, 0.3) is 0 Å². The Balaban J connectivity index is 1.12. The zero-order chi connectivity index (χ0) is 33.9. The topological polar surface area (TPSA) is 144 Å². The maximum Gasteiger partial charge on any atom is 0.336 e. The van der Waals surface area contributed by atoms with Crippen molar-refractivity contribution in [3.8, 4) is 11.5 Å². The highest BCUT2D eigenvalue weighted by Gasteiger charge is 2.42. The van der Waals surface area contributed by atoms with Gasteiger partial charge in [-0.2, -0.15) is 0 Å². The molecule has 4 aromatic carbocycles. The lowest BCUT2D eigenvalue weighted by Crippen LogP contribution is -2.55. The smallest absolute Gasteiger partial charge is 0.336 e. The van der Waals surface area contributed by atoms with Crippen LogP contribution in [0.15, 0.2) is 84.9 Å². The number of aromatic carboxylic acids is 1. The van der Waals surface area contributed by atoms with E-state index in [9.17, 15) is 24.9 Å². The SMILES string of the molecule is C=c1ccc2c(c1)Cc1cc(Oc3ccc(NC(=O)COCC4O[C@@H](OC)C(O)[C@@H](O)[C@@H]4C)cc3)ccc1C=2c1ccccc1C(=O)O. The van der Waals surface area contributed by atoms with Crippen molar-refractivity contribution in [2.75, 3.05) is 25.6 Å². The van der Waals surface area contributed by atoms with Gasteiger partial charge in [-0.1, -0.05) is 56.0 Å². The molecule has 6 rings (SSSR count). The molecule has 4 N–H and O–H groups in total. The number of carbonyl (C=O) groups excluding carboxylic acids is 1. The third-order valence-electron chi connectivity index (χ3n) is 8.78. The number of anilines is 1. The predicted molar refractivity (Wildman–Crippen MR) is 178 cm³/mol. The second kappa shape index (κ2) is 14.1. The van der Waals surface area contributed by atoms with Crippen molar-refractivity contribution in [3.63, 3.8) is 0 Å². The van der Waals surface area contributed by atoms with Crippen LogP contribution in [0.3, 0.4) is 0 Å². The van der Waals surface area contributed by atoms with Crippen LogP contribution in [0.5, 0.6) is 11.5 Å². The maximum atomic E-state index is 12.5. The molecule has 1 fully saturated rings. The number of ether oxygens (including phenoxy) is 4. The largest absolute Gasteiger partial charge is 0.478 e. The molecule has 4 aromatic rings. The minimum absolute atomic E-state index is 0.0409. The number of carbonyl (C=O) groups is 2. The van der Waals surface area contributed by atoms with Gasteiger partial charge in [0.1, 0.15) is 24.2 Å². The van der Waals surface area contributed by atoms with Gasteiger partial charge in [0.2, 0.25) is 5.91 Å². The molecule has 0 bridgehead atoms. The number of carboxylic acid groups (broad SMARTS) is 1. The van der Waals surface area contributed by atoms with Crippen LogP contribution in [0, 0.1) is 5.92 Å². The molecule has 0 aromatic heterocycles. The molecule has 10 heteroatoms. The molecule has 2 aliphatic rings. The number of amides is 1. The first-order valence-electron chi connectivity index (χ1n) is 15.6. The molecule has 0 saturated carbocycles. The minimum Gasteiger partial charge on any atom is -0.478 e. The van der Waals surface area contributed by atoms with Crippen molar-refractivity contribution in [2.24, 2.45) is 5.92 Å². The molecule has 48 heavy (non-hydrogen) atoms.